The second-order valence-electron chi connectivity index (χ2n) is 5.45. The fourth-order valence-corrected chi connectivity index (χ4v) is 4.03. The summed E-state index contributed by atoms with van der Waals surface area (Å²) in [6, 6.07) is 7.73. The quantitative estimate of drug-likeness (QED) is 0.724. The minimum absolute atomic E-state index is 0.633. The van der Waals surface area contributed by atoms with Crippen LogP contribution in [-0.4, -0.2) is 20.5 Å². The Bertz CT molecular complexity index is 936. The van der Waals surface area contributed by atoms with Gasteiger partial charge in [-0.15, -0.1) is 21.5 Å². The summed E-state index contributed by atoms with van der Waals surface area (Å²) < 4.78 is 2.02. The molecule has 116 valence electrons. The highest BCUT2D eigenvalue weighted by Gasteiger charge is 2.26. The molecule has 3 heterocycles. The van der Waals surface area contributed by atoms with Crippen LogP contribution in [0.4, 0.5) is 5.95 Å². The predicted octanol–water partition coefficient (Wildman–Crippen LogP) is 4.09. The van der Waals surface area contributed by atoms with Gasteiger partial charge in [0.25, 0.3) is 0 Å². The third-order valence-corrected chi connectivity index (χ3v) is 5.46. The van der Waals surface area contributed by atoms with Crippen molar-refractivity contribution >= 4 is 34.6 Å². The lowest BCUT2D eigenvalue weighted by atomic mass is 10.00. The van der Waals surface area contributed by atoms with Crippen molar-refractivity contribution in [3.63, 3.8) is 0 Å². The molecule has 7 heteroatoms. The lowest BCUT2D eigenvalue weighted by Crippen LogP contribution is -2.07. The van der Waals surface area contributed by atoms with Gasteiger partial charge in [-0.05, 0) is 38.5 Å². The summed E-state index contributed by atoms with van der Waals surface area (Å²) in [5, 5.41) is 14.7. The molecule has 1 aliphatic heterocycles. The first kappa shape index (κ1) is 14.4. The summed E-state index contributed by atoms with van der Waals surface area (Å²) in [5.74, 6) is 1.47. The number of nitrogens with one attached hydrogen (secondary N) is 1. The first-order valence-electron chi connectivity index (χ1n) is 7.18. The molecule has 0 radical (unpaired) electrons. The molecule has 0 saturated carbocycles. The molecule has 0 saturated heterocycles. The van der Waals surface area contributed by atoms with Crippen LogP contribution in [0.25, 0.3) is 5.00 Å². The monoisotopic (exact) mass is 343 g/mol. The Labute approximate surface area is 142 Å². The fraction of sp³-hybridized carbons (Fsp3) is 0.188. The van der Waals surface area contributed by atoms with E-state index in [-0.39, 0.29) is 0 Å². The maximum Gasteiger partial charge on any atom is 0.250 e. The molecule has 0 atom stereocenters. The topological polar surface area (TPSA) is 55.1 Å². The number of rotatable bonds is 1. The molecule has 0 aliphatic carbocycles. The van der Waals surface area contributed by atoms with Gasteiger partial charge in [0.15, 0.2) is 0 Å². The second-order valence-corrected chi connectivity index (χ2v) is 7.09. The molecule has 0 fully saturated rings. The molecule has 3 aromatic rings. The molecule has 4 rings (SSSR count). The van der Waals surface area contributed by atoms with Crippen molar-refractivity contribution in [1.29, 1.82) is 0 Å². The van der Waals surface area contributed by atoms with Crippen LogP contribution in [0.2, 0.25) is 5.02 Å². The van der Waals surface area contributed by atoms with E-state index in [2.05, 4.69) is 34.6 Å². The van der Waals surface area contributed by atoms with Gasteiger partial charge in [0.05, 0.1) is 0 Å². The van der Waals surface area contributed by atoms with E-state index < -0.39 is 0 Å². The highest BCUT2D eigenvalue weighted by atomic mass is 35.5. The molecule has 5 nitrogen and oxygen atoms in total. The van der Waals surface area contributed by atoms with Crippen LogP contribution in [-0.2, 0) is 0 Å². The minimum atomic E-state index is 0.633. The summed E-state index contributed by atoms with van der Waals surface area (Å²) in [6.45, 7) is 6.20. The third-order valence-electron chi connectivity index (χ3n) is 4.02. The third kappa shape index (κ3) is 2.17. The second kappa shape index (κ2) is 5.18. The van der Waals surface area contributed by atoms with Gasteiger partial charge < -0.3 is 0 Å². The Morgan fingerprint density at radius 2 is 1.83 bits per heavy atom. The zero-order chi connectivity index (χ0) is 16.1. The van der Waals surface area contributed by atoms with Crippen molar-refractivity contribution in [1.82, 2.24) is 14.8 Å². The molecule has 23 heavy (non-hydrogen) atoms. The number of aromatic nitrogens is 3. The molecule has 0 bridgehead atoms. The number of hydrogen-bond donors (Lipinski definition) is 1. The zero-order valence-electron chi connectivity index (χ0n) is 12.9. The SMILES string of the molecule is Cc1sc2c(c1C)C(c1ccc(Cl)cc1)=NNc1nnc(C)n1-2. The first-order chi connectivity index (χ1) is 11.1. The number of anilines is 1. The molecular weight excluding hydrogens is 330 g/mol. The molecular formula is C16H14ClN5S. The summed E-state index contributed by atoms with van der Waals surface area (Å²) in [7, 11) is 0. The van der Waals surface area contributed by atoms with Crippen LogP contribution in [0, 0.1) is 20.8 Å². The molecule has 2 aromatic heterocycles. The van der Waals surface area contributed by atoms with Crippen molar-refractivity contribution in [2.75, 3.05) is 5.43 Å². The van der Waals surface area contributed by atoms with Gasteiger partial charge in [0.2, 0.25) is 5.95 Å². The van der Waals surface area contributed by atoms with Gasteiger partial charge in [-0.3, -0.25) is 4.57 Å². The highest BCUT2D eigenvalue weighted by molar-refractivity contribution is 7.15. The van der Waals surface area contributed by atoms with Crippen LogP contribution >= 0.6 is 22.9 Å². The minimum Gasteiger partial charge on any atom is -0.254 e. The summed E-state index contributed by atoms with van der Waals surface area (Å²) in [5.41, 5.74) is 7.28. The van der Waals surface area contributed by atoms with Gasteiger partial charge in [-0.2, -0.15) is 5.10 Å². The van der Waals surface area contributed by atoms with Gasteiger partial charge in [0, 0.05) is 21.0 Å². The summed E-state index contributed by atoms with van der Waals surface area (Å²) in [4.78, 5) is 1.26. The van der Waals surface area contributed by atoms with Crippen molar-refractivity contribution in [2.24, 2.45) is 5.10 Å². The largest absolute Gasteiger partial charge is 0.254 e. The Hall–Kier alpha value is -2.18. The smallest absolute Gasteiger partial charge is 0.250 e. The van der Waals surface area contributed by atoms with Gasteiger partial charge in [-0.1, -0.05) is 23.7 Å². The van der Waals surface area contributed by atoms with Gasteiger partial charge >= 0.3 is 0 Å². The Morgan fingerprint density at radius 1 is 1.09 bits per heavy atom. The van der Waals surface area contributed by atoms with Crippen LogP contribution < -0.4 is 5.43 Å². The lowest BCUT2D eigenvalue weighted by molar-refractivity contribution is 0.984. The number of benzene rings is 1. The van der Waals surface area contributed by atoms with Crippen molar-refractivity contribution in [3.05, 3.63) is 56.7 Å². The fourth-order valence-electron chi connectivity index (χ4n) is 2.70. The van der Waals surface area contributed by atoms with Crippen LogP contribution in [0.5, 0.6) is 0 Å². The Balaban J connectivity index is 2.00. The maximum absolute atomic E-state index is 6.02. The van der Waals surface area contributed by atoms with Crippen LogP contribution in [0.3, 0.4) is 0 Å². The number of halogens is 1. The molecule has 0 unspecified atom stereocenters. The molecule has 1 aliphatic rings. The zero-order valence-corrected chi connectivity index (χ0v) is 14.5. The summed E-state index contributed by atoms with van der Waals surface area (Å²) in [6.07, 6.45) is 0. The van der Waals surface area contributed by atoms with Crippen LogP contribution in [0.15, 0.2) is 29.4 Å². The van der Waals surface area contributed by atoms with E-state index in [9.17, 15) is 0 Å². The lowest BCUT2D eigenvalue weighted by Gasteiger charge is -2.08. The standard InChI is InChI=1S/C16H14ClN5S/c1-8-9(2)23-15-13(8)14(11-4-6-12(17)7-5-11)19-21-16-20-18-10(3)22(15)16/h4-7H,1-3H3,(H,20,21). The molecule has 1 aromatic carbocycles. The number of hydrazone groups is 1. The maximum atomic E-state index is 6.02. The van der Waals surface area contributed by atoms with Crippen molar-refractivity contribution < 1.29 is 0 Å². The number of fused-ring (bicyclic) bond motifs is 3. The van der Waals surface area contributed by atoms with E-state index in [0.29, 0.717) is 11.0 Å². The molecule has 0 amide bonds. The molecule has 1 N–H and O–H groups in total. The van der Waals surface area contributed by atoms with Gasteiger partial charge in [0.1, 0.15) is 16.5 Å². The number of nitrogens with zero attached hydrogens (tertiary/aromatic N) is 4. The number of aryl methyl sites for hydroxylation is 2. The number of thiophene rings is 1. The van der Waals surface area contributed by atoms with E-state index in [1.165, 1.54) is 10.4 Å². The number of hydrogen-bond acceptors (Lipinski definition) is 5. The van der Waals surface area contributed by atoms with Crippen LogP contribution in [0.1, 0.15) is 27.4 Å². The van der Waals surface area contributed by atoms with E-state index in [1.54, 1.807) is 11.3 Å². The summed E-state index contributed by atoms with van der Waals surface area (Å²) >= 11 is 7.75. The molecule has 0 spiro atoms. The van der Waals surface area contributed by atoms with E-state index in [1.807, 2.05) is 35.8 Å². The van der Waals surface area contributed by atoms with Crippen molar-refractivity contribution in [3.8, 4) is 5.00 Å². The predicted molar refractivity (Wildman–Crippen MR) is 94.2 cm³/mol. The van der Waals surface area contributed by atoms with E-state index in [4.69, 9.17) is 11.6 Å². The average molecular weight is 344 g/mol. The average Bonchev–Trinajstić information content (AvgIpc) is 2.97. The highest BCUT2D eigenvalue weighted by Crippen LogP contribution is 2.36. The Morgan fingerprint density at radius 3 is 2.57 bits per heavy atom. The first-order valence-corrected chi connectivity index (χ1v) is 8.38. The van der Waals surface area contributed by atoms with Crippen molar-refractivity contribution in [2.45, 2.75) is 20.8 Å². The normalized spacial score (nSPS) is 13.0. The Kier molecular flexibility index (Phi) is 3.25. The van der Waals surface area contributed by atoms with E-state index >= 15 is 0 Å². The van der Waals surface area contributed by atoms with E-state index in [0.717, 1.165) is 27.7 Å². The van der Waals surface area contributed by atoms with Gasteiger partial charge in [-0.25, -0.2) is 5.43 Å².